The average molecular weight is 260 g/mol. The number of carbonyl (C=O) groups excluding carboxylic acids is 1. The summed E-state index contributed by atoms with van der Waals surface area (Å²) in [5.41, 5.74) is 3.58. The first-order chi connectivity index (χ1) is 9.05. The van der Waals surface area contributed by atoms with Crippen LogP contribution >= 0.6 is 0 Å². The Labute approximate surface area is 113 Å². The number of rotatable bonds is 5. The zero-order chi connectivity index (χ0) is 14.0. The Bertz CT molecular complexity index is 595. The summed E-state index contributed by atoms with van der Waals surface area (Å²) < 4.78 is 3.45. The highest BCUT2D eigenvalue weighted by Crippen LogP contribution is 2.11. The molecular formula is C14H20N4O. The molecule has 0 aliphatic carbocycles. The third-order valence-electron chi connectivity index (χ3n) is 3.31. The molecule has 2 rings (SSSR count). The lowest BCUT2D eigenvalue weighted by Crippen LogP contribution is -2.12. The monoisotopic (exact) mass is 260 g/mol. The van der Waals surface area contributed by atoms with Crippen molar-refractivity contribution >= 4 is 5.78 Å². The molecule has 0 spiro atoms. The van der Waals surface area contributed by atoms with Crippen LogP contribution in [-0.4, -0.2) is 25.3 Å². The van der Waals surface area contributed by atoms with Gasteiger partial charge in [0.2, 0.25) is 0 Å². The fourth-order valence-electron chi connectivity index (χ4n) is 2.13. The third kappa shape index (κ3) is 2.75. The van der Waals surface area contributed by atoms with Crippen LogP contribution in [-0.2, 0) is 33.4 Å². The van der Waals surface area contributed by atoms with E-state index in [4.69, 9.17) is 0 Å². The molecule has 0 N–H and O–H groups in total. The molecule has 0 aliphatic rings. The van der Waals surface area contributed by atoms with Crippen LogP contribution < -0.4 is 0 Å². The summed E-state index contributed by atoms with van der Waals surface area (Å²) in [7, 11) is 3.69. The molecule has 19 heavy (non-hydrogen) atoms. The number of hydrogen-bond donors (Lipinski definition) is 0. The molecule has 0 saturated carbocycles. The van der Waals surface area contributed by atoms with Crippen LogP contribution in [0.5, 0.6) is 0 Å². The fourth-order valence-corrected chi connectivity index (χ4v) is 2.13. The van der Waals surface area contributed by atoms with Crippen LogP contribution in [0, 0.1) is 0 Å². The third-order valence-corrected chi connectivity index (χ3v) is 3.31. The van der Waals surface area contributed by atoms with Crippen molar-refractivity contribution in [2.24, 2.45) is 14.1 Å². The van der Waals surface area contributed by atoms with Gasteiger partial charge in [-0.05, 0) is 25.0 Å². The van der Waals surface area contributed by atoms with Crippen molar-refractivity contribution in [1.82, 2.24) is 19.6 Å². The number of ketones is 1. The molecule has 2 heterocycles. The van der Waals surface area contributed by atoms with Gasteiger partial charge in [-0.2, -0.15) is 10.2 Å². The SMILES string of the molecule is CCc1cc(CC(=O)c2cc(CC)nn2C)n(C)n1. The Morgan fingerprint density at radius 3 is 2.16 bits per heavy atom. The molecule has 0 aliphatic heterocycles. The van der Waals surface area contributed by atoms with E-state index in [9.17, 15) is 4.79 Å². The van der Waals surface area contributed by atoms with Crippen LogP contribution in [0.2, 0.25) is 0 Å². The average Bonchev–Trinajstić information content (AvgIpc) is 2.93. The van der Waals surface area contributed by atoms with E-state index >= 15 is 0 Å². The van der Waals surface area contributed by atoms with E-state index < -0.39 is 0 Å². The normalized spacial score (nSPS) is 10.9. The maximum atomic E-state index is 12.3. The summed E-state index contributed by atoms with van der Waals surface area (Å²) in [6.45, 7) is 4.09. The highest BCUT2D eigenvalue weighted by atomic mass is 16.1. The van der Waals surface area contributed by atoms with Gasteiger partial charge in [-0.1, -0.05) is 13.8 Å². The summed E-state index contributed by atoms with van der Waals surface area (Å²) in [6, 6.07) is 3.87. The standard InChI is InChI=1S/C14H20N4O/c1-5-10-7-12(17(3)15-10)9-14(19)13-8-11(6-2)16-18(13)4/h7-8H,5-6,9H2,1-4H3. The van der Waals surface area contributed by atoms with Gasteiger partial charge >= 0.3 is 0 Å². The van der Waals surface area contributed by atoms with Crippen LogP contribution in [0.3, 0.4) is 0 Å². The topological polar surface area (TPSA) is 52.7 Å². The number of aromatic nitrogens is 4. The van der Waals surface area contributed by atoms with E-state index in [1.807, 2.05) is 33.2 Å². The summed E-state index contributed by atoms with van der Waals surface area (Å²) in [5, 5.41) is 8.67. The molecule has 0 bridgehead atoms. The smallest absolute Gasteiger partial charge is 0.186 e. The van der Waals surface area contributed by atoms with Crippen LogP contribution in [0.4, 0.5) is 0 Å². The van der Waals surface area contributed by atoms with Crippen molar-refractivity contribution in [2.75, 3.05) is 0 Å². The van der Waals surface area contributed by atoms with Gasteiger partial charge in [0, 0.05) is 19.8 Å². The highest BCUT2D eigenvalue weighted by Gasteiger charge is 2.15. The number of aryl methyl sites for hydroxylation is 4. The lowest BCUT2D eigenvalue weighted by molar-refractivity contribution is 0.0981. The first-order valence-electron chi connectivity index (χ1n) is 6.63. The van der Waals surface area contributed by atoms with Crippen LogP contribution in [0.15, 0.2) is 12.1 Å². The zero-order valence-electron chi connectivity index (χ0n) is 12.0. The van der Waals surface area contributed by atoms with E-state index in [0.717, 1.165) is 29.9 Å². The minimum absolute atomic E-state index is 0.0837. The first-order valence-corrected chi connectivity index (χ1v) is 6.63. The van der Waals surface area contributed by atoms with E-state index in [1.54, 1.807) is 9.36 Å². The summed E-state index contributed by atoms with van der Waals surface area (Å²) >= 11 is 0. The molecule has 0 saturated heterocycles. The molecule has 2 aromatic rings. The minimum atomic E-state index is 0.0837. The largest absolute Gasteiger partial charge is 0.292 e. The Hall–Kier alpha value is -1.91. The summed E-state index contributed by atoms with van der Waals surface area (Å²) in [6.07, 6.45) is 2.09. The highest BCUT2D eigenvalue weighted by molar-refractivity contribution is 5.95. The predicted octanol–water partition coefficient (Wildman–Crippen LogP) is 1.70. The minimum Gasteiger partial charge on any atom is -0.292 e. The Balaban J connectivity index is 2.20. The molecule has 2 aromatic heterocycles. The van der Waals surface area contributed by atoms with Crippen molar-refractivity contribution in [1.29, 1.82) is 0 Å². The quantitative estimate of drug-likeness (QED) is 0.769. The maximum absolute atomic E-state index is 12.3. The number of Topliss-reactive ketones (excluding diaryl/α,β-unsaturated/α-hetero) is 1. The number of hydrogen-bond acceptors (Lipinski definition) is 3. The second-order valence-electron chi connectivity index (χ2n) is 4.70. The van der Waals surface area contributed by atoms with Crippen molar-refractivity contribution in [3.63, 3.8) is 0 Å². The number of nitrogens with zero attached hydrogens (tertiary/aromatic N) is 4. The fraction of sp³-hybridized carbons (Fsp3) is 0.500. The molecule has 102 valence electrons. The molecule has 0 unspecified atom stereocenters. The van der Waals surface area contributed by atoms with Crippen LogP contribution in [0.1, 0.15) is 41.4 Å². The first kappa shape index (κ1) is 13.5. The molecule has 0 aromatic carbocycles. The number of carbonyl (C=O) groups is 1. The van der Waals surface area contributed by atoms with E-state index in [-0.39, 0.29) is 5.78 Å². The maximum Gasteiger partial charge on any atom is 0.186 e. The summed E-state index contributed by atoms with van der Waals surface area (Å²) in [4.78, 5) is 12.3. The second kappa shape index (κ2) is 5.38. The second-order valence-corrected chi connectivity index (χ2v) is 4.70. The van der Waals surface area contributed by atoms with Gasteiger partial charge in [0.25, 0.3) is 0 Å². The van der Waals surface area contributed by atoms with E-state index in [2.05, 4.69) is 17.1 Å². The van der Waals surface area contributed by atoms with Crippen molar-refractivity contribution < 1.29 is 4.79 Å². The zero-order valence-corrected chi connectivity index (χ0v) is 12.0. The van der Waals surface area contributed by atoms with Crippen molar-refractivity contribution in [3.05, 3.63) is 34.9 Å². The molecular weight excluding hydrogens is 240 g/mol. The Morgan fingerprint density at radius 2 is 1.63 bits per heavy atom. The van der Waals surface area contributed by atoms with Crippen LogP contribution in [0.25, 0.3) is 0 Å². The lowest BCUT2D eigenvalue weighted by atomic mass is 10.1. The lowest BCUT2D eigenvalue weighted by Gasteiger charge is -2.01. The van der Waals surface area contributed by atoms with Gasteiger partial charge in [-0.15, -0.1) is 0 Å². The Morgan fingerprint density at radius 1 is 1.05 bits per heavy atom. The van der Waals surface area contributed by atoms with Crippen molar-refractivity contribution in [2.45, 2.75) is 33.1 Å². The van der Waals surface area contributed by atoms with Gasteiger partial charge in [0.05, 0.1) is 17.8 Å². The molecule has 0 amide bonds. The van der Waals surface area contributed by atoms with E-state index in [0.29, 0.717) is 12.1 Å². The van der Waals surface area contributed by atoms with Gasteiger partial charge < -0.3 is 0 Å². The molecule has 0 fully saturated rings. The van der Waals surface area contributed by atoms with Crippen molar-refractivity contribution in [3.8, 4) is 0 Å². The van der Waals surface area contributed by atoms with Gasteiger partial charge in [0.15, 0.2) is 5.78 Å². The molecule has 5 nitrogen and oxygen atoms in total. The molecule has 0 atom stereocenters. The Kier molecular flexibility index (Phi) is 3.83. The van der Waals surface area contributed by atoms with Gasteiger partial charge in [-0.3, -0.25) is 14.2 Å². The van der Waals surface area contributed by atoms with E-state index in [1.165, 1.54) is 0 Å². The van der Waals surface area contributed by atoms with Gasteiger partial charge in [-0.25, -0.2) is 0 Å². The van der Waals surface area contributed by atoms with Gasteiger partial charge in [0.1, 0.15) is 5.69 Å². The predicted molar refractivity (Wildman–Crippen MR) is 73.2 cm³/mol. The molecule has 0 radical (unpaired) electrons. The molecule has 5 heteroatoms. The summed E-state index contributed by atoms with van der Waals surface area (Å²) in [5.74, 6) is 0.0837.